The van der Waals surface area contributed by atoms with Gasteiger partial charge in [-0.2, -0.15) is 5.26 Å². The molecule has 1 fully saturated rings. The normalized spacial score (nSPS) is 14.4. The van der Waals surface area contributed by atoms with Gasteiger partial charge in [0.1, 0.15) is 17.2 Å². The average molecular weight is 381 g/mol. The third-order valence-corrected chi connectivity index (χ3v) is 5.26. The molecule has 0 amide bonds. The van der Waals surface area contributed by atoms with Gasteiger partial charge in [0.25, 0.3) is 11.2 Å². The van der Waals surface area contributed by atoms with E-state index in [1.54, 1.807) is 0 Å². The second-order valence-corrected chi connectivity index (χ2v) is 6.88. The van der Waals surface area contributed by atoms with Gasteiger partial charge in [-0.1, -0.05) is 31.4 Å². The monoisotopic (exact) mass is 381 g/mol. The predicted molar refractivity (Wildman–Crippen MR) is 100 cm³/mol. The first kappa shape index (κ1) is 19.3. The van der Waals surface area contributed by atoms with E-state index in [-0.39, 0.29) is 28.3 Å². The third kappa shape index (κ3) is 3.16. The zero-order valence-electron chi connectivity index (χ0n) is 15.3. The Labute approximate surface area is 160 Å². The van der Waals surface area contributed by atoms with Gasteiger partial charge in [-0.3, -0.25) is 24.3 Å². The van der Waals surface area contributed by atoms with Crippen molar-refractivity contribution in [2.24, 2.45) is 0 Å². The second-order valence-electron chi connectivity index (χ2n) is 6.88. The first-order chi connectivity index (χ1) is 13.4. The Kier molecular flexibility index (Phi) is 5.27. The number of ketones is 1. The summed E-state index contributed by atoms with van der Waals surface area (Å²) in [5.74, 6) is -1.32. The molecule has 28 heavy (non-hydrogen) atoms. The van der Waals surface area contributed by atoms with E-state index in [9.17, 15) is 30.1 Å². The van der Waals surface area contributed by atoms with Crippen molar-refractivity contribution >= 4 is 11.5 Å². The van der Waals surface area contributed by atoms with Crippen LogP contribution >= 0.6 is 0 Å². The number of pyridine rings is 1. The summed E-state index contributed by atoms with van der Waals surface area (Å²) >= 11 is 0. The maximum Gasteiger partial charge on any atom is 0.280 e. The van der Waals surface area contributed by atoms with E-state index in [1.165, 1.54) is 31.2 Å². The number of nitro benzene ring substituents is 1. The van der Waals surface area contributed by atoms with Crippen LogP contribution in [0.1, 0.15) is 65.2 Å². The first-order valence-corrected chi connectivity index (χ1v) is 9.04. The Bertz CT molecular complexity index is 1060. The van der Waals surface area contributed by atoms with Crippen molar-refractivity contribution in [2.45, 2.75) is 45.1 Å². The standard InChI is InChI=1S/C20H19N3O5/c1-12-15(11-21)19(25)22(13-7-3-2-4-8-13)20(26)17(12)18(24)14-9-5-6-10-16(14)23(27)28/h5-6,9-10,13,26H,2-4,7-8H2,1H3. The molecular formula is C20H19N3O5. The van der Waals surface area contributed by atoms with E-state index in [0.717, 1.165) is 23.8 Å². The Hall–Kier alpha value is -3.47. The first-order valence-electron chi connectivity index (χ1n) is 9.04. The molecule has 144 valence electrons. The molecule has 1 aliphatic carbocycles. The van der Waals surface area contributed by atoms with Crippen molar-refractivity contribution in [1.29, 1.82) is 5.26 Å². The van der Waals surface area contributed by atoms with Crippen LogP contribution in [0, 0.1) is 28.4 Å². The van der Waals surface area contributed by atoms with E-state index in [2.05, 4.69) is 0 Å². The van der Waals surface area contributed by atoms with Crippen molar-refractivity contribution < 1.29 is 14.8 Å². The summed E-state index contributed by atoms with van der Waals surface area (Å²) in [6.45, 7) is 1.40. The molecule has 2 aromatic rings. The maximum atomic E-state index is 13.1. The lowest BCUT2D eigenvalue weighted by Crippen LogP contribution is -2.31. The topological polar surface area (TPSA) is 126 Å². The van der Waals surface area contributed by atoms with Crippen LogP contribution in [0.25, 0.3) is 0 Å². The Morgan fingerprint density at radius 1 is 1.29 bits per heavy atom. The quantitative estimate of drug-likeness (QED) is 0.491. The van der Waals surface area contributed by atoms with Crippen LogP contribution in [-0.2, 0) is 0 Å². The third-order valence-electron chi connectivity index (χ3n) is 5.26. The van der Waals surface area contributed by atoms with Gasteiger partial charge >= 0.3 is 0 Å². The number of para-hydroxylation sites is 1. The molecule has 0 bridgehead atoms. The van der Waals surface area contributed by atoms with Crippen LogP contribution in [-0.4, -0.2) is 20.4 Å². The molecule has 0 aliphatic heterocycles. The van der Waals surface area contributed by atoms with Crippen LogP contribution in [0.3, 0.4) is 0 Å². The lowest BCUT2D eigenvalue weighted by molar-refractivity contribution is -0.385. The van der Waals surface area contributed by atoms with Gasteiger partial charge in [0, 0.05) is 12.1 Å². The Morgan fingerprint density at radius 2 is 1.93 bits per heavy atom. The summed E-state index contributed by atoms with van der Waals surface area (Å²) < 4.78 is 1.12. The van der Waals surface area contributed by atoms with Crippen molar-refractivity contribution in [3.63, 3.8) is 0 Å². The highest BCUT2D eigenvalue weighted by atomic mass is 16.6. The van der Waals surface area contributed by atoms with Crippen molar-refractivity contribution in [3.8, 4) is 11.9 Å². The van der Waals surface area contributed by atoms with Gasteiger partial charge in [-0.25, -0.2) is 0 Å². The lowest BCUT2D eigenvalue weighted by atomic mass is 9.92. The highest BCUT2D eigenvalue weighted by Crippen LogP contribution is 2.34. The van der Waals surface area contributed by atoms with Crippen LogP contribution < -0.4 is 5.56 Å². The highest BCUT2D eigenvalue weighted by molar-refractivity contribution is 6.13. The van der Waals surface area contributed by atoms with E-state index in [0.29, 0.717) is 12.8 Å². The highest BCUT2D eigenvalue weighted by Gasteiger charge is 2.31. The van der Waals surface area contributed by atoms with Crippen LogP contribution in [0.15, 0.2) is 29.1 Å². The minimum atomic E-state index is -0.789. The fourth-order valence-electron chi connectivity index (χ4n) is 3.83. The summed E-state index contributed by atoms with van der Waals surface area (Å²) in [5, 5.41) is 31.6. The fourth-order valence-corrected chi connectivity index (χ4v) is 3.83. The largest absolute Gasteiger partial charge is 0.494 e. The lowest BCUT2D eigenvalue weighted by Gasteiger charge is -2.26. The molecule has 1 aliphatic rings. The smallest absolute Gasteiger partial charge is 0.280 e. The summed E-state index contributed by atoms with van der Waals surface area (Å²) in [5.41, 5.74) is -1.69. The van der Waals surface area contributed by atoms with Gasteiger partial charge in [0.15, 0.2) is 0 Å². The number of hydrogen-bond donors (Lipinski definition) is 1. The van der Waals surface area contributed by atoms with Gasteiger partial charge < -0.3 is 5.11 Å². The van der Waals surface area contributed by atoms with Crippen LogP contribution in [0.4, 0.5) is 5.69 Å². The molecule has 1 aromatic carbocycles. The molecule has 8 nitrogen and oxygen atoms in total. The number of nitrogens with zero attached hydrogens (tertiary/aromatic N) is 3. The van der Waals surface area contributed by atoms with E-state index >= 15 is 0 Å². The van der Waals surface area contributed by atoms with Crippen molar-refractivity contribution in [2.75, 3.05) is 0 Å². The molecule has 3 rings (SSSR count). The minimum Gasteiger partial charge on any atom is -0.494 e. The van der Waals surface area contributed by atoms with Gasteiger partial charge in [0.2, 0.25) is 11.7 Å². The molecule has 1 N–H and O–H groups in total. The van der Waals surface area contributed by atoms with Crippen molar-refractivity contribution in [1.82, 2.24) is 4.57 Å². The minimum absolute atomic E-state index is 0.0280. The summed E-state index contributed by atoms with van der Waals surface area (Å²) in [6.07, 6.45) is 4.07. The molecule has 0 radical (unpaired) electrons. The summed E-state index contributed by atoms with van der Waals surface area (Å²) in [6, 6.07) is 6.92. The maximum absolute atomic E-state index is 13.1. The Morgan fingerprint density at radius 3 is 2.54 bits per heavy atom. The number of carbonyl (C=O) groups is 1. The predicted octanol–water partition coefficient (Wildman–Crippen LogP) is 3.38. The number of hydrogen-bond acceptors (Lipinski definition) is 6. The molecule has 1 aromatic heterocycles. The van der Waals surface area contributed by atoms with Gasteiger partial charge in [-0.15, -0.1) is 0 Å². The number of aromatic hydroxyl groups is 1. The number of aromatic nitrogens is 1. The number of rotatable bonds is 4. The molecule has 0 spiro atoms. The second kappa shape index (κ2) is 7.64. The van der Waals surface area contributed by atoms with Crippen LogP contribution in [0.2, 0.25) is 0 Å². The Balaban J connectivity index is 2.27. The average Bonchev–Trinajstić information content (AvgIpc) is 2.69. The molecule has 0 saturated heterocycles. The molecule has 0 atom stereocenters. The van der Waals surface area contributed by atoms with Crippen LogP contribution in [0.5, 0.6) is 5.88 Å². The molecule has 8 heteroatoms. The van der Waals surface area contributed by atoms with E-state index < -0.39 is 27.8 Å². The van der Waals surface area contributed by atoms with E-state index in [1.807, 2.05) is 6.07 Å². The number of benzene rings is 1. The zero-order valence-corrected chi connectivity index (χ0v) is 15.3. The van der Waals surface area contributed by atoms with Gasteiger partial charge in [0.05, 0.1) is 10.5 Å². The summed E-state index contributed by atoms with van der Waals surface area (Å²) in [4.78, 5) is 36.6. The molecule has 1 heterocycles. The number of nitriles is 1. The zero-order chi connectivity index (χ0) is 20.4. The molecule has 1 saturated carbocycles. The molecular weight excluding hydrogens is 362 g/mol. The fraction of sp³-hybridized carbons (Fsp3) is 0.350. The van der Waals surface area contributed by atoms with E-state index in [4.69, 9.17) is 0 Å². The number of carbonyl (C=O) groups excluding carboxylic acids is 1. The van der Waals surface area contributed by atoms with Gasteiger partial charge in [-0.05, 0) is 31.4 Å². The summed E-state index contributed by atoms with van der Waals surface area (Å²) in [7, 11) is 0. The SMILES string of the molecule is Cc1c(C(=O)c2ccccc2[N+](=O)[O-])c(O)n(C2CCCCC2)c(=O)c1C#N. The number of nitro groups is 1. The van der Waals surface area contributed by atoms with Crippen molar-refractivity contribution in [3.05, 3.63) is 67.0 Å². The molecule has 0 unspecified atom stereocenters.